The molecule has 18 heavy (non-hydrogen) atoms. The fourth-order valence-electron chi connectivity index (χ4n) is 1.48. The van der Waals surface area contributed by atoms with Crippen molar-refractivity contribution < 1.29 is 14.6 Å². The van der Waals surface area contributed by atoms with E-state index in [0.29, 0.717) is 25.8 Å². The molecule has 0 spiro atoms. The largest absolute Gasteiger partial charge is 0.389 e. The summed E-state index contributed by atoms with van der Waals surface area (Å²) in [6.07, 6.45) is 0.481. The van der Waals surface area contributed by atoms with Gasteiger partial charge < -0.3 is 19.9 Å². The van der Waals surface area contributed by atoms with Crippen molar-refractivity contribution in [1.82, 2.24) is 5.32 Å². The quantitative estimate of drug-likeness (QED) is 0.680. The van der Waals surface area contributed by atoms with Crippen molar-refractivity contribution in [2.45, 2.75) is 32.1 Å². The van der Waals surface area contributed by atoms with E-state index in [1.807, 2.05) is 17.5 Å². The summed E-state index contributed by atoms with van der Waals surface area (Å²) in [5.41, 5.74) is 0. The van der Waals surface area contributed by atoms with Gasteiger partial charge in [-0.15, -0.1) is 11.3 Å². The molecule has 1 aromatic rings. The maximum Gasteiger partial charge on any atom is 0.0897 e. The van der Waals surface area contributed by atoms with Crippen molar-refractivity contribution in [3.05, 3.63) is 22.4 Å². The molecule has 5 heteroatoms. The van der Waals surface area contributed by atoms with Gasteiger partial charge in [0.2, 0.25) is 0 Å². The van der Waals surface area contributed by atoms with Gasteiger partial charge in [-0.2, -0.15) is 0 Å². The Morgan fingerprint density at radius 2 is 2.33 bits per heavy atom. The van der Waals surface area contributed by atoms with Crippen molar-refractivity contribution in [3.8, 4) is 0 Å². The lowest BCUT2D eigenvalue weighted by molar-refractivity contribution is 0.0283. The fraction of sp³-hybridized carbons (Fsp3) is 0.692. The molecule has 0 radical (unpaired) electrons. The maximum absolute atomic E-state index is 9.74. The van der Waals surface area contributed by atoms with Crippen molar-refractivity contribution >= 4 is 11.3 Å². The van der Waals surface area contributed by atoms with Crippen LogP contribution in [0.25, 0.3) is 0 Å². The molecule has 1 aromatic heterocycles. The van der Waals surface area contributed by atoms with Crippen LogP contribution < -0.4 is 5.32 Å². The third kappa shape index (κ3) is 7.08. The summed E-state index contributed by atoms with van der Waals surface area (Å²) in [7, 11) is 1.69. The Morgan fingerprint density at radius 1 is 1.50 bits per heavy atom. The highest BCUT2D eigenvalue weighted by Crippen LogP contribution is 2.09. The average molecular weight is 273 g/mol. The van der Waals surface area contributed by atoms with Gasteiger partial charge in [0.15, 0.2) is 0 Å². The zero-order valence-electron chi connectivity index (χ0n) is 11.1. The number of nitrogens with one attached hydrogen (secondary N) is 1. The minimum absolute atomic E-state index is 0.344. The van der Waals surface area contributed by atoms with Crippen LogP contribution in [0, 0.1) is 0 Å². The second-order valence-electron chi connectivity index (χ2n) is 4.34. The van der Waals surface area contributed by atoms with E-state index >= 15 is 0 Å². The zero-order valence-corrected chi connectivity index (χ0v) is 11.9. The summed E-state index contributed by atoms with van der Waals surface area (Å²) < 4.78 is 10.4. The van der Waals surface area contributed by atoms with E-state index in [4.69, 9.17) is 9.47 Å². The third-order valence-corrected chi connectivity index (χ3v) is 3.44. The molecular weight excluding hydrogens is 250 g/mol. The summed E-state index contributed by atoms with van der Waals surface area (Å²) in [5.74, 6) is 0. The Kier molecular flexibility index (Phi) is 8.20. The van der Waals surface area contributed by atoms with Gasteiger partial charge in [-0.25, -0.2) is 0 Å². The van der Waals surface area contributed by atoms with Gasteiger partial charge in [0.25, 0.3) is 0 Å². The van der Waals surface area contributed by atoms with Crippen LogP contribution in [0.5, 0.6) is 0 Å². The van der Waals surface area contributed by atoms with E-state index in [2.05, 4.69) is 12.2 Å². The number of thiophene rings is 1. The number of hydrogen-bond donors (Lipinski definition) is 2. The van der Waals surface area contributed by atoms with Gasteiger partial charge in [0.1, 0.15) is 0 Å². The maximum atomic E-state index is 9.74. The van der Waals surface area contributed by atoms with Crippen molar-refractivity contribution in [3.63, 3.8) is 0 Å². The molecule has 0 aromatic carbocycles. The van der Waals surface area contributed by atoms with E-state index in [-0.39, 0.29) is 0 Å². The van der Waals surface area contributed by atoms with Crippen LogP contribution in [0.15, 0.2) is 17.5 Å². The Bertz CT molecular complexity index is 292. The normalized spacial score (nSPS) is 14.6. The van der Waals surface area contributed by atoms with E-state index in [0.717, 1.165) is 13.0 Å². The lowest BCUT2D eigenvalue weighted by Gasteiger charge is -2.16. The Morgan fingerprint density at radius 3 is 3.00 bits per heavy atom. The molecule has 0 bridgehead atoms. The summed E-state index contributed by atoms with van der Waals surface area (Å²) in [6, 6.07) is 4.37. The van der Waals surface area contributed by atoms with Crippen molar-refractivity contribution in [2.24, 2.45) is 0 Å². The van der Waals surface area contributed by atoms with E-state index in [1.54, 1.807) is 18.4 Å². The van der Waals surface area contributed by atoms with Crippen molar-refractivity contribution in [2.75, 3.05) is 26.9 Å². The number of rotatable bonds is 10. The van der Waals surface area contributed by atoms with Crippen LogP contribution in [0.4, 0.5) is 0 Å². The van der Waals surface area contributed by atoms with Gasteiger partial charge in [0, 0.05) is 31.2 Å². The average Bonchev–Trinajstić information content (AvgIpc) is 2.87. The first-order chi connectivity index (χ1) is 8.72. The molecule has 4 nitrogen and oxygen atoms in total. The number of hydrogen-bond acceptors (Lipinski definition) is 5. The van der Waals surface area contributed by atoms with Crippen LogP contribution in [-0.2, 0) is 16.1 Å². The zero-order chi connectivity index (χ0) is 13.2. The second kappa shape index (κ2) is 9.47. The second-order valence-corrected chi connectivity index (χ2v) is 5.37. The molecule has 2 N–H and O–H groups in total. The highest BCUT2D eigenvalue weighted by molar-refractivity contribution is 7.09. The fourth-order valence-corrected chi connectivity index (χ4v) is 2.12. The molecular formula is C13H23NO3S. The van der Waals surface area contributed by atoms with Crippen molar-refractivity contribution in [1.29, 1.82) is 0 Å². The first kappa shape index (κ1) is 15.6. The smallest absolute Gasteiger partial charge is 0.0897 e. The van der Waals surface area contributed by atoms with Crippen LogP contribution in [0.3, 0.4) is 0 Å². The summed E-state index contributed by atoms with van der Waals surface area (Å²) in [4.78, 5) is 1.18. The molecule has 2 unspecified atom stereocenters. The van der Waals surface area contributed by atoms with E-state index < -0.39 is 6.10 Å². The molecule has 0 saturated carbocycles. The van der Waals surface area contributed by atoms with E-state index in [9.17, 15) is 5.11 Å². The van der Waals surface area contributed by atoms with Gasteiger partial charge >= 0.3 is 0 Å². The molecule has 0 aliphatic rings. The van der Waals surface area contributed by atoms with Gasteiger partial charge in [-0.05, 0) is 24.8 Å². The Hall–Kier alpha value is -0.460. The first-order valence-corrected chi connectivity index (χ1v) is 7.11. The highest BCUT2D eigenvalue weighted by atomic mass is 32.1. The minimum atomic E-state index is -0.463. The third-order valence-electron chi connectivity index (χ3n) is 2.59. The summed E-state index contributed by atoms with van der Waals surface area (Å²) in [6.45, 7) is 4.31. The molecule has 0 aliphatic carbocycles. The van der Waals surface area contributed by atoms with Crippen LogP contribution >= 0.6 is 11.3 Å². The predicted molar refractivity (Wildman–Crippen MR) is 73.9 cm³/mol. The first-order valence-electron chi connectivity index (χ1n) is 6.23. The molecule has 1 rings (SSSR count). The molecule has 2 atom stereocenters. The van der Waals surface area contributed by atoms with Crippen LogP contribution in [0.1, 0.15) is 18.2 Å². The standard InChI is InChI=1S/C13H23NO3S/c1-11(5-6-16-2)14-8-12(15)9-17-10-13-4-3-7-18-13/h3-4,7,11-12,14-15H,5-6,8-10H2,1-2H3. The molecule has 0 amide bonds. The van der Waals surface area contributed by atoms with E-state index in [1.165, 1.54) is 4.88 Å². The number of aliphatic hydroxyl groups is 1. The summed E-state index contributed by atoms with van der Waals surface area (Å²) in [5, 5.41) is 15.0. The van der Waals surface area contributed by atoms with Crippen LogP contribution in [-0.4, -0.2) is 44.1 Å². The monoisotopic (exact) mass is 273 g/mol. The predicted octanol–water partition coefficient (Wildman–Crippen LogP) is 1.64. The Labute approximate surface area is 113 Å². The topological polar surface area (TPSA) is 50.7 Å². The van der Waals surface area contributed by atoms with Gasteiger partial charge in [-0.1, -0.05) is 6.07 Å². The SMILES string of the molecule is COCCC(C)NCC(O)COCc1cccs1. The Balaban J connectivity index is 2.01. The lowest BCUT2D eigenvalue weighted by Crippen LogP contribution is -2.36. The number of aliphatic hydroxyl groups excluding tert-OH is 1. The number of methoxy groups -OCH3 is 1. The number of ether oxygens (including phenoxy) is 2. The molecule has 104 valence electrons. The highest BCUT2D eigenvalue weighted by Gasteiger charge is 2.07. The van der Waals surface area contributed by atoms with Gasteiger partial charge in [-0.3, -0.25) is 0 Å². The lowest BCUT2D eigenvalue weighted by atomic mass is 10.2. The minimum Gasteiger partial charge on any atom is -0.389 e. The van der Waals surface area contributed by atoms with Crippen LogP contribution in [0.2, 0.25) is 0 Å². The molecule has 0 aliphatic heterocycles. The molecule has 0 fully saturated rings. The summed E-state index contributed by atoms with van der Waals surface area (Å²) >= 11 is 1.67. The van der Waals surface area contributed by atoms with Gasteiger partial charge in [0.05, 0.1) is 19.3 Å². The molecule has 0 saturated heterocycles. The molecule has 1 heterocycles.